The lowest BCUT2D eigenvalue weighted by molar-refractivity contribution is -0.949. The van der Waals surface area contributed by atoms with Crippen LogP contribution in [0.5, 0.6) is 0 Å². The van der Waals surface area contributed by atoms with Crippen molar-refractivity contribution in [3.63, 3.8) is 0 Å². The molecule has 0 saturated heterocycles. The molecule has 0 aliphatic heterocycles. The van der Waals surface area contributed by atoms with Crippen molar-refractivity contribution in [2.24, 2.45) is 0 Å². The van der Waals surface area contributed by atoms with E-state index < -0.39 is 0 Å². The molecule has 1 amide bonds. The topological polar surface area (TPSA) is 59.8 Å². The summed E-state index contributed by atoms with van der Waals surface area (Å²) in [4.78, 5) is 13.6. The first kappa shape index (κ1) is 18.0. The predicted molar refractivity (Wildman–Crippen MR) is 98.5 cm³/mol. The lowest BCUT2D eigenvalue weighted by Gasteiger charge is -2.22. The van der Waals surface area contributed by atoms with Crippen LogP contribution in [0.4, 0.5) is 0 Å². The zero-order valence-electron chi connectivity index (χ0n) is 15.2. The SMILES string of the molecule is CC(C)[NH+](Cc1ccccc1)Cc1ccc(C(=O)NCc2ccco2)o1. The largest absolute Gasteiger partial charge is 0.467 e. The molecule has 2 aromatic heterocycles. The summed E-state index contributed by atoms with van der Waals surface area (Å²) in [7, 11) is 0. The van der Waals surface area contributed by atoms with E-state index in [-0.39, 0.29) is 5.91 Å². The summed E-state index contributed by atoms with van der Waals surface area (Å²) in [5.74, 6) is 1.62. The Balaban J connectivity index is 1.59. The van der Waals surface area contributed by atoms with Gasteiger partial charge in [0.1, 0.15) is 18.8 Å². The zero-order valence-corrected chi connectivity index (χ0v) is 15.2. The van der Waals surface area contributed by atoms with E-state index in [0.29, 0.717) is 24.1 Å². The molecule has 136 valence electrons. The number of quaternary nitrogens is 1. The van der Waals surface area contributed by atoms with Crippen molar-refractivity contribution in [1.82, 2.24) is 5.32 Å². The van der Waals surface area contributed by atoms with Crippen molar-refractivity contribution in [2.45, 2.75) is 39.5 Å². The Hall–Kier alpha value is -2.79. The molecule has 5 heteroatoms. The highest BCUT2D eigenvalue weighted by Crippen LogP contribution is 2.08. The normalized spacial score (nSPS) is 12.3. The molecular formula is C21H25N2O3+. The third-order valence-electron chi connectivity index (χ3n) is 4.38. The number of amides is 1. The van der Waals surface area contributed by atoms with E-state index in [1.165, 1.54) is 10.5 Å². The molecule has 0 bridgehead atoms. The van der Waals surface area contributed by atoms with Gasteiger partial charge < -0.3 is 19.1 Å². The smallest absolute Gasteiger partial charge is 0.287 e. The molecule has 0 aliphatic carbocycles. The van der Waals surface area contributed by atoms with Gasteiger partial charge in [-0.15, -0.1) is 0 Å². The van der Waals surface area contributed by atoms with E-state index in [2.05, 4.69) is 43.4 Å². The summed E-state index contributed by atoms with van der Waals surface area (Å²) >= 11 is 0. The van der Waals surface area contributed by atoms with Crippen LogP contribution < -0.4 is 10.2 Å². The van der Waals surface area contributed by atoms with Gasteiger partial charge in [-0.05, 0) is 38.1 Å². The second-order valence-corrected chi connectivity index (χ2v) is 6.68. The maximum absolute atomic E-state index is 12.2. The van der Waals surface area contributed by atoms with Crippen molar-refractivity contribution in [3.05, 3.63) is 83.7 Å². The van der Waals surface area contributed by atoms with Gasteiger partial charge in [-0.25, -0.2) is 0 Å². The van der Waals surface area contributed by atoms with E-state index in [1.54, 1.807) is 18.4 Å². The van der Waals surface area contributed by atoms with Gasteiger partial charge in [-0.2, -0.15) is 0 Å². The maximum Gasteiger partial charge on any atom is 0.287 e. The third kappa shape index (κ3) is 4.86. The summed E-state index contributed by atoms with van der Waals surface area (Å²) in [6.45, 7) is 6.38. The molecular weight excluding hydrogens is 328 g/mol. The number of benzene rings is 1. The van der Waals surface area contributed by atoms with Crippen molar-refractivity contribution >= 4 is 5.91 Å². The quantitative estimate of drug-likeness (QED) is 0.655. The van der Waals surface area contributed by atoms with Gasteiger partial charge in [0, 0.05) is 5.56 Å². The Morgan fingerprint density at radius 1 is 1.00 bits per heavy atom. The maximum atomic E-state index is 12.2. The van der Waals surface area contributed by atoms with E-state index in [1.807, 2.05) is 18.2 Å². The number of furan rings is 2. The molecule has 26 heavy (non-hydrogen) atoms. The van der Waals surface area contributed by atoms with Gasteiger partial charge >= 0.3 is 0 Å². The molecule has 5 nitrogen and oxygen atoms in total. The molecule has 1 aromatic carbocycles. The van der Waals surface area contributed by atoms with Crippen LogP contribution in [0, 0.1) is 0 Å². The first-order valence-corrected chi connectivity index (χ1v) is 8.89. The van der Waals surface area contributed by atoms with Gasteiger partial charge in [-0.3, -0.25) is 4.79 Å². The van der Waals surface area contributed by atoms with Gasteiger partial charge in [0.15, 0.2) is 11.5 Å². The molecule has 1 unspecified atom stereocenters. The van der Waals surface area contributed by atoms with E-state index in [4.69, 9.17) is 8.83 Å². The second-order valence-electron chi connectivity index (χ2n) is 6.68. The lowest BCUT2D eigenvalue weighted by Crippen LogP contribution is -3.12. The predicted octanol–water partition coefficient (Wildman–Crippen LogP) is 2.80. The number of hydrogen-bond acceptors (Lipinski definition) is 3. The van der Waals surface area contributed by atoms with Crippen LogP contribution in [0.25, 0.3) is 0 Å². The molecule has 0 radical (unpaired) electrons. The van der Waals surface area contributed by atoms with Gasteiger partial charge in [-0.1, -0.05) is 30.3 Å². The summed E-state index contributed by atoms with van der Waals surface area (Å²) in [5.41, 5.74) is 1.29. The molecule has 0 aliphatic rings. The molecule has 0 saturated carbocycles. The summed E-state index contributed by atoms with van der Waals surface area (Å²) in [5, 5.41) is 2.80. The van der Waals surface area contributed by atoms with Crippen LogP contribution >= 0.6 is 0 Å². The van der Waals surface area contributed by atoms with Crippen LogP contribution in [-0.4, -0.2) is 11.9 Å². The van der Waals surface area contributed by atoms with E-state index in [0.717, 1.165) is 18.8 Å². The first-order valence-electron chi connectivity index (χ1n) is 8.89. The average Bonchev–Trinajstić information content (AvgIpc) is 3.32. The van der Waals surface area contributed by atoms with Crippen molar-refractivity contribution in [1.29, 1.82) is 0 Å². The Bertz CT molecular complexity index is 807. The molecule has 0 spiro atoms. The highest BCUT2D eigenvalue weighted by molar-refractivity contribution is 5.91. The van der Waals surface area contributed by atoms with Gasteiger partial charge in [0.05, 0.1) is 18.8 Å². The molecule has 0 fully saturated rings. The minimum absolute atomic E-state index is 0.234. The van der Waals surface area contributed by atoms with Crippen molar-refractivity contribution < 1.29 is 18.5 Å². The monoisotopic (exact) mass is 353 g/mol. The fourth-order valence-electron chi connectivity index (χ4n) is 2.82. The molecule has 2 N–H and O–H groups in total. The Morgan fingerprint density at radius 2 is 1.81 bits per heavy atom. The van der Waals surface area contributed by atoms with Crippen LogP contribution in [-0.2, 0) is 19.6 Å². The van der Waals surface area contributed by atoms with Crippen LogP contribution in [0.3, 0.4) is 0 Å². The van der Waals surface area contributed by atoms with E-state index in [9.17, 15) is 4.79 Å². The number of nitrogens with one attached hydrogen (secondary N) is 2. The van der Waals surface area contributed by atoms with Gasteiger partial charge in [0.25, 0.3) is 5.91 Å². The fourth-order valence-corrected chi connectivity index (χ4v) is 2.82. The van der Waals surface area contributed by atoms with Crippen molar-refractivity contribution in [3.8, 4) is 0 Å². The standard InChI is InChI=1S/C21H24N2O3/c1-16(2)23(14-17-7-4-3-5-8-17)15-19-10-11-20(26-19)21(24)22-13-18-9-6-12-25-18/h3-12,16H,13-15H2,1-2H3,(H,22,24)/p+1. The number of carbonyl (C=O) groups is 1. The number of hydrogen-bond donors (Lipinski definition) is 2. The van der Waals surface area contributed by atoms with Crippen LogP contribution in [0.15, 0.2) is 69.7 Å². The van der Waals surface area contributed by atoms with Crippen LogP contribution in [0.2, 0.25) is 0 Å². The Kier molecular flexibility index (Phi) is 5.92. The zero-order chi connectivity index (χ0) is 18.4. The fraction of sp³-hybridized carbons (Fsp3) is 0.286. The Morgan fingerprint density at radius 3 is 2.50 bits per heavy atom. The van der Waals surface area contributed by atoms with Crippen molar-refractivity contribution in [2.75, 3.05) is 0 Å². The third-order valence-corrected chi connectivity index (χ3v) is 4.38. The highest BCUT2D eigenvalue weighted by Gasteiger charge is 2.18. The van der Waals surface area contributed by atoms with Gasteiger partial charge in [0.2, 0.25) is 0 Å². The van der Waals surface area contributed by atoms with E-state index >= 15 is 0 Å². The van der Waals surface area contributed by atoms with Crippen LogP contribution in [0.1, 0.15) is 41.5 Å². The highest BCUT2D eigenvalue weighted by atomic mass is 16.4. The lowest BCUT2D eigenvalue weighted by atomic mass is 10.2. The molecule has 3 aromatic rings. The number of rotatable bonds is 8. The Labute approximate surface area is 153 Å². The first-order chi connectivity index (χ1) is 12.6. The number of carbonyl (C=O) groups excluding carboxylic acids is 1. The summed E-state index contributed by atoms with van der Waals surface area (Å²) in [6, 6.07) is 18.1. The molecule has 1 atom stereocenters. The summed E-state index contributed by atoms with van der Waals surface area (Å²) < 4.78 is 11.0. The summed E-state index contributed by atoms with van der Waals surface area (Å²) in [6.07, 6.45) is 1.59. The molecule has 3 rings (SSSR count). The minimum Gasteiger partial charge on any atom is -0.467 e. The minimum atomic E-state index is -0.234. The second kappa shape index (κ2) is 8.54. The molecule has 2 heterocycles. The average molecular weight is 353 g/mol.